The van der Waals surface area contributed by atoms with E-state index in [0.29, 0.717) is 10.8 Å². The van der Waals surface area contributed by atoms with Gasteiger partial charge in [0.2, 0.25) is 0 Å². The molecule has 0 radical (unpaired) electrons. The minimum atomic E-state index is 0.453. The van der Waals surface area contributed by atoms with E-state index in [1.54, 1.807) is 0 Å². The van der Waals surface area contributed by atoms with Crippen LogP contribution in [0.5, 0.6) is 0 Å². The number of ether oxygens (including phenoxy) is 1. The van der Waals surface area contributed by atoms with E-state index in [1.165, 1.54) is 51.7 Å². The molecule has 2 fully saturated rings. The van der Waals surface area contributed by atoms with Gasteiger partial charge < -0.3 is 15.0 Å². The zero-order valence-electron chi connectivity index (χ0n) is 13.8. The van der Waals surface area contributed by atoms with Crippen LogP contribution in [-0.4, -0.2) is 50.8 Å². The molecule has 118 valence electrons. The fourth-order valence-corrected chi connectivity index (χ4v) is 3.66. The molecule has 2 rings (SSSR count). The van der Waals surface area contributed by atoms with Gasteiger partial charge in [0.15, 0.2) is 0 Å². The quantitative estimate of drug-likeness (QED) is 0.811. The predicted molar refractivity (Wildman–Crippen MR) is 85.1 cm³/mol. The molecule has 1 N–H and O–H groups in total. The molecule has 2 aliphatic rings. The highest BCUT2D eigenvalue weighted by Gasteiger charge is 2.36. The Labute approximate surface area is 125 Å². The van der Waals surface area contributed by atoms with Gasteiger partial charge >= 0.3 is 0 Å². The Bertz CT molecular complexity index is 279. The maximum absolute atomic E-state index is 5.60. The summed E-state index contributed by atoms with van der Waals surface area (Å²) in [6, 6.07) is 0. The molecule has 0 spiro atoms. The molecular weight excluding hydrogens is 248 g/mol. The topological polar surface area (TPSA) is 24.5 Å². The first-order valence-electron chi connectivity index (χ1n) is 8.62. The lowest BCUT2D eigenvalue weighted by Crippen LogP contribution is -2.50. The van der Waals surface area contributed by atoms with Crippen molar-refractivity contribution in [2.75, 3.05) is 45.9 Å². The Morgan fingerprint density at radius 1 is 1.05 bits per heavy atom. The summed E-state index contributed by atoms with van der Waals surface area (Å²) in [5, 5.41) is 3.59. The third kappa shape index (κ3) is 4.19. The summed E-state index contributed by atoms with van der Waals surface area (Å²) in [6.45, 7) is 15.0. The van der Waals surface area contributed by atoms with Crippen molar-refractivity contribution in [3.63, 3.8) is 0 Å². The summed E-state index contributed by atoms with van der Waals surface area (Å²) in [7, 11) is 0. The van der Waals surface area contributed by atoms with E-state index in [4.69, 9.17) is 4.74 Å². The number of nitrogens with one attached hydrogen (secondary N) is 1. The lowest BCUT2D eigenvalue weighted by molar-refractivity contribution is -0.0147. The van der Waals surface area contributed by atoms with Crippen molar-refractivity contribution in [3.05, 3.63) is 0 Å². The van der Waals surface area contributed by atoms with Crippen molar-refractivity contribution in [3.8, 4) is 0 Å². The third-order valence-electron chi connectivity index (χ3n) is 5.78. The average molecular weight is 282 g/mol. The van der Waals surface area contributed by atoms with Gasteiger partial charge in [-0.3, -0.25) is 0 Å². The fraction of sp³-hybridized carbons (Fsp3) is 1.00. The predicted octanol–water partition coefficient (Wildman–Crippen LogP) is 2.90. The van der Waals surface area contributed by atoms with Gasteiger partial charge in [-0.2, -0.15) is 0 Å². The number of hydrogen-bond donors (Lipinski definition) is 1. The van der Waals surface area contributed by atoms with E-state index in [9.17, 15) is 0 Å². The zero-order valence-corrected chi connectivity index (χ0v) is 13.8. The van der Waals surface area contributed by atoms with Crippen molar-refractivity contribution < 1.29 is 4.74 Å². The second kappa shape index (κ2) is 7.24. The molecule has 0 aliphatic carbocycles. The summed E-state index contributed by atoms with van der Waals surface area (Å²) < 4.78 is 5.60. The van der Waals surface area contributed by atoms with E-state index in [0.717, 1.165) is 26.3 Å². The first kappa shape index (κ1) is 16.3. The fourth-order valence-electron chi connectivity index (χ4n) is 3.66. The molecule has 2 saturated heterocycles. The van der Waals surface area contributed by atoms with E-state index >= 15 is 0 Å². The van der Waals surface area contributed by atoms with E-state index < -0.39 is 0 Å². The second-order valence-corrected chi connectivity index (χ2v) is 7.33. The molecule has 2 aliphatic heterocycles. The third-order valence-corrected chi connectivity index (χ3v) is 5.78. The van der Waals surface area contributed by atoms with Gasteiger partial charge in [-0.15, -0.1) is 0 Å². The molecule has 2 heterocycles. The second-order valence-electron chi connectivity index (χ2n) is 7.33. The number of rotatable bonds is 6. The molecule has 0 atom stereocenters. The summed E-state index contributed by atoms with van der Waals surface area (Å²) in [6.07, 6.45) is 6.52. The minimum Gasteiger partial charge on any atom is -0.381 e. The van der Waals surface area contributed by atoms with Crippen molar-refractivity contribution in [1.29, 1.82) is 0 Å². The van der Waals surface area contributed by atoms with Crippen molar-refractivity contribution >= 4 is 0 Å². The molecule has 0 aromatic carbocycles. The van der Waals surface area contributed by atoms with Gasteiger partial charge in [-0.25, -0.2) is 0 Å². The molecule has 0 aromatic rings. The van der Waals surface area contributed by atoms with Crippen LogP contribution in [0, 0.1) is 10.8 Å². The lowest BCUT2D eigenvalue weighted by atomic mass is 9.76. The highest BCUT2D eigenvalue weighted by atomic mass is 16.5. The lowest BCUT2D eigenvalue weighted by Gasteiger charge is -2.45. The van der Waals surface area contributed by atoms with Crippen LogP contribution in [0.15, 0.2) is 0 Å². The molecule has 0 amide bonds. The number of likely N-dealkylation sites (tertiary alicyclic amines) is 1. The molecular formula is C17H34N2O. The van der Waals surface area contributed by atoms with E-state index in [-0.39, 0.29) is 0 Å². The molecule has 0 aromatic heterocycles. The average Bonchev–Trinajstić information content (AvgIpc) is 2.49. The van der Waals surface area contributed by atoms with Crippen LogP contribution in [0.1, 0.15) is 52.9 Å². The van der Waals surface area contributed by atoms with Gasteiger partial charge in [0.05, 0.1) is 0 Å². The maximum atomic E-state index is 5.60. The standard InChI is InChI=1S/C17H34N2O/c1-4-16(3)6-10-19(11-7-16)15-17(14-18-5-2)8-12-20-13-9-17/h18H,4-15H2,1-3H3. The van der Waals surface area contributed by atoms with Crippen LogP contribution in [-0.2, 0) is 4.74 Å². The smallest absolute Gasteiger partial charge is 0.0472 e. The van der Waals surface area contributed by atoms with Crippen molar-refractivity contribution in [1.82, 2.24) is 10.2 Å². The van der Waals surface area contributed by atoms with Crippen LogP contribution < -0.4 is 5.32 Å². The van der Waals surface area contributed by atoms with Gasteiger partial charge in [-0.1, -0.05) is 27.2 Å². The Hall–Kier alpha value is -0.120. The van der Waals surface area contributed by atoms with Crippen LogP contribution in [0.25, 0.3) is 0 Å². The van der Waals surface area contributed by atoms with Gasteiger partial charge in [-0.05, 0) is 56.1 Å². The summed E-state index contributed by atoms with van der Waals surface area (Å²) in [5.74, 6) is 0. The largest absolute Gasteiger partial charge is 0.381 e. The normalized spacial score (nSPS) is 26.6. The zero-order chi connectivity index (χ0) is 14.5. The molecule has 0 bridgehead atoms. The highest BCUT2D eigenvalue weighted by molar-refractivity contribution is 4.90. The number of piperidine rings is 1. The minimum absolute atomic E-state index is 0.453. The van der Waals surface area contributed by atoms with Crippen molar-refractivity contribution in [2.45, 2.75) is 52.9 Å². The van der Waals surface area contributed by atoms with Gasteiger partial charge in [0.25, 0.3) is 0 Å². The SMILES string of the molecule is CCNCC1(CN2CCC(C)(CC)CC2)CCOCC1. The Balaban J connectivity index is 1.88. The van der Waals surface area contributed by atoms with E-state index in [1.807, 2.05) is 0 Å². The van der Waals surface area contributed by atoms with Crippen molar-refractivity contribution in [2.24, 2.45) is 10.8 Å². The summed E-state index contributed by atoms with van der Waals surface area (Å²) in [4.78, 5) is 2.72. The summed E-state index contributed by atoms with van der Waals surface area (Å²) in [5.41, 5.74) is 1.05. The first-order chi connectivity index (χ1) is 9.61. The van der Waals surface area contributed by atoms with Crippen LogP contribution in [0.3, 0.4) is 0 Å². The van der Waals surface area contributed by atoms with Crippen LogP contribution in [0.2, 0.25) is 0 Å². The molecule has 0 saturated carbocycles. The van der Waals surface area contributed by atoms with Crippen LogP contribution in [0.4, 0.5) is 0 Å². The Morgan fingerprint density at radius 3 is 2.25 bits per heavy atom. The van der Waals surface area contributed by atoms with E-state index in [2.05, 4.69) is 31.0 Å². The molecule has 0 unspecified atom stereocenters. The first-order valence-corrected chi connectivity index (χ1v) is 8.62. The number of hydrogen-bond acceptors (Lipinski definition) is 3. The number of nitrogens with zero attached hydrogens (tertiary/aromatic N) is 1. The highest BCUT2D eigenvalue weighted by Crippen LogP contribution is 2.37. The van der Waals surface area contributed by atoms with Gasteiger partial charge in [0, 0.05) is 26.3 Å². The monoisotopic (exact) mass is 282 g/mol. The Kier molecular flexibility index (Phi) is 5.88. The van der Waals surface area contributed by atoms with Gasteiger partial charge in [0.1, 0.15) is 0 Å². The molecule has 3 nitrogen and oxygen atoms in total. The summed E-state index contributed by atoms with van der Waals surface area (Å²) >= 11 is 0. The maximum Gasteiger partial charge on any atom is 0.0472 e. The molecule has 3 heteroatoms. The van der Waals surface area contributed by atoms with Crippen LogP contribution >= 0.6 is 0 Å². The molecule has 20 heavy (non-hydrogen) atoms. The Morgan fingerprint density at radius 2 is 1.70 bits per heavy atom.